The van der Waals surface area contributed by atoms with Crippen LogP contribution in [0.25, 0.3) is 11.3 Å². The molecule has 0 atom stereocenters. The summed E-state index contributed by atoms with van der Waals surface area (Å²) in [6.07, 6.45) is 3.74. The molecule has 0 spiro atoms. The van der Waals surface area contributed by atoms with E-state index in [9.17, 15) is 9.18 Å². The van der Waals surface area contributed by atoms with E-state index in [1.54, 1.807) is 17.8 Å². The van der Waals surface area contributed by atoms with E-state index >= 15 is 0 Å². The fraction of sp³-hybridized carbons (Fsp3) is 0.333. The molecule has 3 rings (SSSR count). The number of halogens is 2. The first-order valence-electron chi connectivity index (χ1n) is 8.48. The van der Waals surface area contributed by atoms with E-state index < -0.39 is 11.8 Å². The van der Waals surface area contributed by atoms with Gasteiger partial charge in [-0.05, 0) is 25.5 Å². The quantitative estimate of drug-likeness (QED) is 0.560. The molecular weight excluding hydrogens is 375 g/mol. The van der Waals surface area contributed by atoms with Crippen molar-refractivity contribution in [3.63, 3.8) is 0 Å². The molecule has 2 heterocycles. The minimum atomic E-state index is -0.703. The molecule has 27 heavy (non-hydrogen) atoms. The van der Waals surface area contributed by atoms with E-state index in [0.29, 0.717) is 5.69 Å². The Morgan fingerprint density at radius 2 is 2.22 bits per heavy atom. The molecule has 0 saturated carbocycles. The molecule has 0 unspecified atom stereocenters. The summed E-state index contributed by atoms with van der Waals surface area (Å²) >= 11 is 6.07. The van der Waals surface area contributed by atoms with Gasteiger partial charge in [-0.3, -0.25) is 4.68 Å². The number of carbonyl (C=O) groups excluding carboxylic acids is 1. The van der Waals surface area contributed by atoms with E-state index in [2.05, 4.69) is 22.4 Å². The first-order chi connectivity index (χ1) is 13.0. The Morgan fingerprint density at radius 3 is 2.96 bits per heavy atom. The standard InChI is InChI=1S/C18H18ClFN4O3/c1-3-4-8-24-9-12(21-23-24)10-26-18(25)15-11(2)27-22-17(15)16-13(19)6-5-7-14(16)20/h5-7,9H,3-4,8,10H2,1-2H3. The number of hydrogen-bond donors (Lipinski definition) is 0. The van der Waals surface area contributed by atoms with Crippen molar-refractivity contribution in [3.8, 4) is 11.3 Å². The zero-order valence-corrected chi connectivity index (χ0v) is 15.7. The van der Waals surface area contributed by atoms with Crippen LogP contribution >= 0.6 is 11.6 Å². The number of carbonyl (C=O) groups is 1. The number of aryl methyl sites for hydroxylation is 2. The lowest BCUT2D eigenvalue weighted by molar-refractivity contribution is 0.0466. The number of aromatic nitrogens is 4. The van der Waals surface area contributed by atoms with Gasteiger partial charge < -0.3 is 9.26 Å². The molecule has 0 bridgehead atoms. The van der Waals surface area contributed by atoms with Crippen LogP contribution in [-0.2, 0) is 17.9 Å². The molecule has 7 nitrogen and oxygen atoms in total. The highest BCUT2D eigenvalue weighted by molar-refractivity contribution is 6.33. The van der Waals surface area contributed by atoms with Crippen LogP contribution in [0.15, 0.2) is 28.9 Å². The fourth-order valence-electron chi connectivity index (χ4n) is 2.55. The molecule has 0 aliphatic heterocycles. The SMILES string of the molecule is CCCCn1cc(COC(=O)c2c(-c3c(F)cccc3Cl)noc2C)nn1. The summed E-state index contributed by atoms with van der Waals surface area (Å²) in [5.41, 5.74) is 0.542. The third kappa shape index (κ3) is 4.16. The van der Waals surface area contributed by atoms with E-state index in [-0.39, 0.29) is 34.2 Å². The molecule has 9 heteroatoms. The lowest BCUT2D eigenvalue weighted by atomic mass is 10.1. The zero-order chi connectivity index (χ0) is 19.4. The Balaban J connectivity index is 1.78. The molecule has 2 aromatic heterocycles. The molecule has 1 aromatic carbocycles. The van der Waals surface area contributed by atoms with Crippen LogP contribution in [0, 0.1) is 12.7 Å². The number of rotatable bonds is 7. The Morgan fingerprint density at radius 1 is 1.41 bits per heavy atom. The highest BCUT2D eigenvalue weighted by Gasteiger charge is 2.26. The molecule has 0 amide bonds. The first-order valence-corrected chi connectivity index (χ1v) is 8.85. The van der Waals surface area contributed by atoms with Crippen LogP contribution in [0.5, 0.6) is 0 Å². The van der Waals surface area contributed by atoms with E-state index in [4.69, 9.17) is 20.9 Å². The highest BCUT2D eigenvalue weighted by Crippen LogP contribution is 2.33. The van der Waals surface area contributed by atoms with Gasteiger partial charge in [-0.15, -0.1) is 5.10 Å². The van der Waals surface area contributed by atoms with Crippen LogP contribution in [-0.4, -0.2) is 26.1 Å². The summed E-state index contributed by atoms with van der Waals surface area (Å²) in [6.45, 7) is 4.31. The molecule has 0 aliphatic carbocycles. The van der Waals surface area contributed by atoms with Crippen molar-refractivity contribution >= 4 is 17.6 Å². The maximum atomic E-state index is 14.2. The Hall–Kier alpha value is -2.74. The number of esters is 1. The third-order valence-corrected chi connectivity index (χ3v) is 4.26. The number of nitrogens with zero attached hydrogens (tertiary/aromatic N) is 4. The summed E-state index contributed by atoms with van der Waals surface area (Å²) in [6, 6.07) is 4.20. The molecule has 0 N–H and O–H groups in total. The molecule has 0 saturated heterocycles. The van der Waals surface area contributed by atoms with Gasteiger partial charge in [-0.25, -0.2) is 9.18 Å². The van der Waals surface area contributed by atoms with E-state index in [1.165, 1.54) is 18.2 Å². The van der Waals surface area contributed by atoms with E-state index in [0.717, 1.165) is 19.4 Å². The minimum Gasteiger partial charge on any atom is -0.455 e. The third-order valence-electron chi connectivity index (χ3n) is 3.94. The first kappa shape index (κ1) is 19.0. The maximum Gasteiger partial charge on any atom is 0.344 e. The molecule has 142 valence electrons. The van der Waals surface area contributed by atoms with Gasteiger partial charge in [0.1, 0.15) is 35.1 Å². The molecule has 0 radical (unpaired) electrons. The van der Waals surface area contributed by atoms with Crippen molar-refractivity contribution in [2.75, 3.05) is 0 Å². The van der Waals surface area contributed by atoms with Crippen molar-refractivity contribution in [3.05, 3.63) is 52.3 Å². The molecule has 3 aromatic rings. The maximum absolute atomic E-state index is 14.2. The largest absolute Gasteiger partial charge is 0.455 e. The van der Waals surface area contributed by atoms with Crippen molar-refractivity contribution in [1.29, 1.82) is 0 Å². The van der Waals surface area contributed by atoms with Gasteiger partial charge in [-0.1, -0.05) is 41.4 Å². The van der Waals surface area contributed by atoms with Gasteiger partial charge in [0.25, 0.3) is 0 Å². The van der Waals surface area contributed by atoms with Gasteiger partial charge in [0.2, 0.25) is 0 Å². The summed E-state index contributed by atoms with van der Waals surface area (Å²) in [4.78, 5) is 12.6. The summed E-state index contributed by atoms with van der Waals surface area (Å²) in [5.74, 6) is -1.10. The van der Waals surface area contributed by atoms with Gasteiger partial charge in [0.05, 0.1) is 16.8 Å². The fourth-order valence-corrected chi connectivity index (χ4v) is 2.81. The van der Waals surface area contributed by atoms with Gasteiger partial charge in [-0.2, -0.15) is 0 Å². The van der Waals surface area contributed by atoms with Crippen molar-refractivity contribution in [2.45, 2.75) is 39.8 Å². The Bertz CT molecular complexity index is 934. The van der Waals surface area contributed by atoms with Gasteiger partial charge in [0, 0.05) is 6.54 Å². The summed E-state index contributed by atoms with van der Waals surface area (Å²) in [5, 5.41) is 11.9. The second-order valence-corrected chi connectivity index (χ2v) is 6.37. The normalized spacial score (nSPS) is 11.0. The minimum absolute atomic E-state index is 0.00604. The van der Waals surface area contributed by atoms with Crippen molar-refractivity contribution in [1.82, 2.24) is 20.2 Å². The predicted molar refractivity (Wildman–Crippen MR) is 95.7 cm³/mol. The van der Waals surface area contributed by atoms with Crippen LogP contribution in [0.4, 0.5) is 4.39 Å². The number of benzene rings is 1. The average Bonchev–Trinajstić information content (AvgIpc) is 3.24. The summed E-state index contributed by atoms with van der Waals surface area (Å²) in [7, 11) is 0. The molecule has 0 fully saturated rings. The van der Waals surface area contributed by atoms with Crippen LogP contribution in [0.2, 0.25) is 5.02 Å². The molecular formula is C18H18ClFN4O3. The van der Waals surface area contributed by atoms with Crippen LogP contribution in [0.1, 0.15) is 41.6 Å². The van der Waals surface area contributed by atoms with E-state index in [1.807, 2.05) is 0 Å². The molecule has 0 aliphatic rings. The van der Waals surface area contributed by atoms with Crippen LogP contribution in [0.3, 0.4) is 0 Å². The van der Waals surface area contributed by atoms with Crippen molar-refractivity contribution in [2.24, 2.45) is 0 Å². The number of hydrogen-bond acceptors (Lipinski definition) is 6. The highest BCUT2D eigenvalue weighted by atomic mass is 35.5. The second-order valence-electron chi connectivity index (χ2n) is 5.96. The Kier molecular flexibility index (Phi) is 5.85. The van der Waals surface area contributed by atoms with Crippen LogP contribution < -0.4 is 0 Å². The zero-order valence-electron chi connectivity index (χ0n) is 14.9. The van der Waals surface area contributed by atoms with Gasteiger partial charge >= 0.3 is 5.97 Å². The average molecular weight is 393 g/mol. The smallest absolute Gasteiger partial charge is 0.344 e. The van der Waals surface area contributed by atoms with Gasteiger partial charge in [0.15, 0.2) is 0 Å². The monoisotopic (exact) mass is 392 g/mol. The topological polar surface area (TPSA) is 83.0 Å². The Labute approximate surface area is 160 Å². The predicted octanol–water partition coefficient (Wildman–Crippen LogP) is 4.19. The summed E-state index contributed by atoms with van der Waals surface area (Å²) < 4.78 is 26.3. The van der Waals surface area contributed by atoms with Crippen molar-refractivity contribution < 1.29 is 18.4 Å². The number of unbranched alkanes of at least 4 members (excludes halogenated alkanes) is 1. The lowest BCUT2D eigenvalue weighted by Crippen LogP contribution is -2.08. The lowest BCUT2D eigenvalue weighted by Gasteiger charge is -2.06. The second kappa shape index (κ2) is 8.30. The number of ether oxygens (including phenoxy) is 1.